The van der Waals surface area contributed by atoms with Gasteiger partial charge in [-0.1, -0.05) is 37.5 Å². The van der Waals surface area contributed by atoms with Crippen LogP contribution in [0.25, 0.3) is 0 Å². The molecular weight excluding hydrogens is 322 g/mol. The Balaban J connectivity index is 1.52. The molecule has 3 fully saturated rings. The summed E-state index contributed by atoms with van der Waals surface area (Å²) in [6.45, 7) is 0.135. The van der Waals surface area contributed by atoms with Crippen LogP contribution in [-0.4, -0.2) is 48.6 Å². The van der Waals surface area contributed by atoms with Crippen molar-refractivity contribution >= 4 is 11.5 Å². The van der Waals surface area contributed by atoms with Crippen molar-refractivity contribution in [1.29, 1.82) is 0 Å². The number of benzene rings is 1. The SMILES string of the molecule is O=C1[C@@H](CO)O[C@H](OC2CCCCC2)[C@H]2ON(c3ccccc3)C[C@@H]12. The fourth-order valence-corrected chi connectivity index (χ4v) is 3.98. The number of fused-ring (bicyclic) bond motifs is 1. The Morgan fingerprint density at radius 2 is 1.92 bits per heavy atom. The van der Waals surface area contributed by atoms with Gasteiger partial charge in [0, 0.05) is 0 Å². The van der Waals surface area contributed by atoms with Gasteiger partial charge in [-0.05, 0) is 25.0 Å². The quantitative estimate of drug-likeness (QED) is 0.899. The molecule has 1 aromatic rings. The van der Waals surface area contributed by atoms with Crippen LogP contribution < -0.4 is 5.06 Å². The number of anilines is 1. The number of rotatable bonds is 4. The molecule has 0 spiro atoms. The summed E-state index contributed by atoms with van der Waals surface area (Å²) in [6, 6.07) is 9.71. The topological polar surface area (TPSA) is 68.2 Å². The first-order valence-corrected chi connectivity index (χ1v) is 9.21. The van der Waals surface area contributed by atoms with E-state index in [-0.39, 0.29) is 24.4 Å². The number of Topliss-reactive ketones (excluding diaryl/α,β-unsaturated/α-hetero) is 1. The van der Waals surface area contributed by atoms with Crippen LogP contribution in [0.5, 0.6) is 0 Å². The summed E-state index contributed by atoms with van der Waals surface area (Å²) in [6.07, 6.45) is 3.82. The maximum absolute atomic E-state index is 12.6. The zero-order valence-corrected chi connectivity index (χ0v) is 14.3. The summed E-state index contributed by atoms with van der Waals surface area (Å²) < 4.78 is 11.9. The summed E-state index contributed by atoms with van der Waals surface area (Å²) in [7, 11) is 0. The molecule has 0 unspecified atom stereocenters. The summed E-state index contributed by atoms with van der Waals surface area (Å²) in [5, 5.41) is 11.3. The standard InChI is InChI=1S/C19H25NO5/c21-12-16-17(22)15-11-20(13-7-3-1-4-8-13)25-18(15)19(24-16)23-14-9-5-2-6-10-14/h1,3-4,7-8,14-16,18-19,21H,2,5-6,9-12H2/t15-,16+,18-,19-/m0/s1. The minimum Gasteiger partial charge on any atom is -0.393 e. The Hall–Kier alpha value is -1.47. The van der Waals surface area contributed by atoms with Gasteiger partial charge >= 0.3 is 0 Å². The second-order valence-electron chi connectivity index (χ2n) is 7.05. The first kappa shape index (κ1) is 17.0. The molecule has 0 aromatic heterocycles. The third-order valence-corrected chi connectivity index (χ3v) is 5.35. The molecule has 6 heteroatoms. The molecular formula is C19H25NO5. The van der Waals surface area contributed by atoms with Crippen molar-refractivity contribution in [2.45, 2.75) is 56.7 Å². The number of para-hydroxylation sites is 1. The van der Waals surface area contributed by atoms with E-state index in [1.807, 2.05) is 30.3 Å². The highest BCUT2D eigenvalue weighted by atomic mass is 16.8. The minimum atomic E-state index is -0.825. The Labute approximate surface area is 147 Å². The fraction of sp³-hybridized carbons (Fsp3) is 0.632. The van der Waals surface area contributed by atoms with Crippen LogP contribution in [0.15, 0.2) is 30.3 Å². The van der Waals surface area contributed by atoms with Gasteiger partial charge in [0.2, 0.25) is 0 Å². The van der Waals surface area contributed by atoms with Crippen LogP contribution in [0, 0.1) is 5.92 Å². The van der Waals surface area contributed by atoms with Gasteiger partial charge in [0.25, 0.3) is 0 Å². The number of carbonyl (C=O) groups excluding carboxylic acids is 1. The number of ether oxygens (including phenoxy) is 2. The van der Waals surface area contributed by atoms with E-state index in [4.69, 9.17) is 14.3 Å². The van der Waals surface area contributed by atoms with E-state index in [1.165, 1.54) is 6.42 Å². The highest BCUT2D eigenvalue weighted by Gasteiger charge is 2.52. The molecule has 6 nitrogen and oxygen atoms in total. The van der Waals surface area contributed by atoms with Crippen LogP contribution in [0.3, 0.4) is 0 Å². The van der Waals surface area contributed by atoms with Gasteiger partial charge in [-0.25, -0.2) is 0 Å². The van der Waals surface area contributed by atoms with Gasteiger partial charge in [-0.2, -0.15) is 0 Å². The number of ketones is 1. The lowest BCUT2D eigenvalue weighted by atomic mass is 9.91. The molecule has 1 aliphatic carbocycles. The summed E-state index contributed by atoms with van der Waals surface area (Å²) in [5.41, 5.74) is 0.904. The zero-order valence-electron chi connectivity index (χ0n) is 14.3. The van der Waals surface area contributed by atoms with Gasteiger partial charge in [0.05, 0.1) is 30.9 Å². The molecule has 25 heavy (non-hydrogen) atoms. The molecule has 2 aliphatic heterocycles. The van der Waals surface area contributed by atoms with E-state index < -0.39 is 18.5 Å². The smallest absolute Gasteiger partial charge is 0.188 e. The molecule has 0 bridgehead atoms. The average Bonchev–Trinajstić information content (AvgIpc) is 3.12. The van der Waals surface area contributed by atoms with Crippen molar-refractivity contribution in [3.05, 3.63) is 30.3 Å². The molecule has 1 aromatic carbocycles. The second kappa shape index (κ2) is 7.41. The lowest BCUT2D eigenvalue weighted by Crippen LogP contribution is -2.53. The van der Waals surface area contributed by atoms with E-state index in [2.05, 4.69) is 0 Å². The van der Waals surface area contributed by atoms with Gasteiger partial charge in [0.15, 0.2) is 12.1 Å². The van der Waals surface area contributed by atoms with Crippen LogP contribution in [0.1, 0.15) is 32.1 Å². The molecule has 0 radical (unpaired) electrons. The van der Waals surface area contributed by atoms with E-state index in [9.17, 15) is 9.90 Å². The van der Waals surface area contributed by atoms with E-state index in [1.54, 1.807) is 5.06 Å². The van der Waals surface area contributed by atoms with Gasteiger partial charge in [0.1, 0.15) is 12.2 Å². The Morgan fingerprint density at radius 3 is 2.64 bits per heavy atom. The largest absolute Gasteiger partial charge is 0.393 e. The number of aliphatic hydroxyl groups is 1. The summed E-state index contributed by atoms with van der Waals surface area (Å²) in [5.74, 6) is -0.450. The Bertz CT molecular complexity index is 589. The first-order valence-electron chi connectivity index (χ1n) is 9.21. The van der Waals surface area contributed by atoms with E-state index >= 15 is 0 Å². The van der Waals surface area contributed by atoms with Crippen molar-refractivity contribution < 1.29 is 24.2 Å². The molecule has 0 amide bonds. The third-order valence-electron chi connectivity index (χ3n) is 5.35. The van der Waals surface area contributed by atoms with E-state index in [0.29, 0.717) is 6.54 Å². The highest BCUT2D eigenvalue weighted by Crippen LogP contribution is 2.36. The molecule has 2 saturated heterocycles. The van der Waals surface area contributed by atoms with Gasteiger partial charge in [-0.3, -0.25) is 14.7 Å². The van der Waals surface area contributed by atoms with Crippen molar-refractivity contribution in [2.24, 2.45) is 5.92 Å². The molecule has 1 N–H and O–H groups in total. The summed E-state index contributed by atoms with van der Waals surface area (Å²) in [4.78, 5) is 18.7. The van der Waals surface area contributed by atoms with E-state index in [0.717, 1.165) is 31.4 Å². The lowest BCUT2D eigenvalue weighted by molar-refractivity contribution is -0.263. The predicted molar refractivity (Wildman–Crippen MR) is 90.9 cm³/mol. The fourth-order valence-electron chi connectivity index (χ4n) is 3.98. The monoisotopic (exact) mass is 347 g/mol. The van der Waals surface area contributed by atoms with Gasteiger partial charge < -0.3 is 14.6 Å². The van der Waals surface area contributed by atoms with Crippen molar-refractivity contribution in [3.8, 4) is 0 Å². The highest BCUT2D eigenvalue weighted by molar-refractivity contribution is 5.87. The van der Waals surface area contributed by atoms with Crippen LogP contribution in [0.4, 0.5) is 5.69 Å². The summed E-state index contributed by atoms with van der Waals surface area (Å²) >= 11 is 0. The lowest BCUT2D eigenvalue weighted by Gasteiger charge is -2.37. The molecule has 4 rings (SSSR count). The molecule has 2 heterocycles. The second-order valence-corrected chi connectivity index (χ2v) is 7.05. The predicted octanol–water partition coefficient (Wildman–Crippen LogP) is 2.06. The first-order chi connectivity index (χ1) is 12.3. The average molecular weight is 347 g/mol. The van der Waals surface area contributed by atoms with Crippen molar-refractivity contribution in [3.63, 3.8) is 0 Å². The molecule has 4 atom stereocenters. The molecule has 1 saturated carbocycles. The van der Waals surface area contributed by atoms with Crippen LogP contribution in [0.2, 0.25) is 0 Å². The maximum Gasteiger partial charge on any atom is 0.188 e. The Morgan fingerprint density at radius 1 is 1.16 bits per heavy atom. The Kier molecular flexibility index (Phi) is 5.03. The normalized spacial score (nSPS) is 33.5. The number of hydroxylamine groups is 1. The molecule has 136 valence electrons. The number of carbonyl (C=O) groups is 1. The minimum absolute atomic E-state index is 0.102. The third kappa shape index (κ3) is 3.44. The molecule has 3 aliphatic rings. The number of nitrogens with zero attached hydrogens (tertiary/aromatic N) is 1. The van der Waals surface area contributed by atoms with Crippen LogP contribution >= 0.6 is 0 Å². The number of hydrogen-bond acceptors (Lipinski definition) is 6. The van der Waals surface area contributed by atoms with Crippen LogP contribution in [-0.2, 0) is 19.1 Å². The number of hydrogen-bond donors (Lipinski definition) is 1. The maximum atomic E-state index is 12.6. The van der Waals surface area contributed by atoms with Gasteiger partial charge in [-0.15, -0.1) is 0 Å². The van der Waals surface area contributed by atoms with Crippen molar-refractivity contribution in [1.82, 2.24) is 0 Å². The number of aliphatic hydroxyl groups excluding tert-OH is 1. The zero-order chi connectivity index (χ0) is 17.2. The van der Waals surface area contributed by atoms with Crippen molar-refractivity contribution in [2.75, 3.05) is 18.2 Å².